The molecule has 0 aliphatic rings. The number of carbonyl (C=O) groups excluding carboxylic acids is 1. The largest absolute Gasteiger partial charge is 0.493 e. The molecule has 8 heteroatoms. The van der Waals surface area contributed by atoms with Gasteiger partial charge in [-0.05, 0) is 61.4 Å². The molecule has 0 amide bonds. The van der Waals surface area contributed by atoms with Crippen LogP contribution < -0.4 is 24.4 Å². The van der Waals surface area contributed by atoms with Crippen molar-refractivity contribution in [2.75, 3.05) is 21.3 Å². The number of hydrogen-bond acceptors (Lipinski definition) is 7. The monoisotopic (exact) mass is 494 g/mol. The summed E-state index contributed by atoms with van der Waals surface area (Å²) < 4.78 is 27.7. The number of benzene rings is 3. The molecule has 0 aliphatic heterocycles. The molecule has 0 saturated carbocycles. The van der Waals surface area contributed by atoms with Crippen LogP contribution in [0.5, 0.6) is 23.0 Å². The van der Waals surface area contributed by atoms with Crippen molar-refractivity contribution in [2.24, 2.45) is 0 Å². The number of ether oxygens (including phenoxy) is 4. The number of methoxy groups -OCH3 is 3. The third kappa shape index (κ3) is 4.42. The van der Waals surface area contributed by atoms with Crippen molar-refractivity contribution in [1.29, 1.82) is 0 Å². The fraction of sp³-hybridized carbons (Fsp3) is 0.185. The van der Waals surface area contributed by atoms with Gasteiger partial charge in [0.1, 0.15) is 5.58 Å². The van der Waals surface area contributed by atoms with Crippen LogP contribution in [0.2, 0.25) is 5.02 Å². The van der Waals surface area contributed by atoms with Crippen LogP contribution >= 0.6 is 11.6 Å². The predicted octanol–water partition coefficient (Wildman–Crippen LogP) is 5.98. The van der Waals surface area contributed by atoms with Crippen LogP contribution in [0.25, 0.3) is 22.3 Å². The van der Waals surface area contributed by atoms with Crippen molar-refractivity contribution < 1.29 is 28.2 Å². The summed E-state index contributed by atoms with van der Waals surface area (Å²) in [7, 11) is 4.33. The molecular weight excluding hydrogens is 472 g/mol. The zero-order valence-electron chi connectivity index (χ0n) is 19.9. The first kappa shape index (κ1) is 24.2. The smallest absolute Gasteiger partial charge is 0.344 e. The Labute approximate surface area is 206 Å². The molecule has 1 aromatic heterocycles. The SMILES string of the molecule is COc1cc(C(=O)Oc2c(-c3ccccc3Cl)oc3cc(C)c(C)cc3c2=O)cc(OC)c1OC. The third-order valence-corrected chi connectivity index (χ3v) is 6.01. The van der Waals surface area contributed by atoms with Crippen LogP contribution in [-0.4, -0.2) is 27.3 Å². The topological polar surface area (TPSA) is 84.2 Å². The van der Waals surface area contributed by atoms with Crippen LogP contribution in [0.1, 0.15) is 21.5 Å². The normalized spacial score (nSPS) is 10.8. The molecule has 3 aromatic carbocycles. The Morgan fingerprint density at radius 2 is 1.49 bits per heavy atom. The van der Waals surface area contributed by atoms with Gasteiger partial charge >= 0.3 is 5.97 Å². The lowest BCUT2D eigenvalue weighted by Gasteiger charge is -2.15. The summed E-state index contributed by atoms with van der Waals surface area (Å²) in [6.07, 6.45) is 0. The zero-order valence-corrected chi connectivity index (χ0v) is 20.6. The van der Waals surface area contributed by atoms with Crippen LogP contribution in [0.3, 0.4) is 0 Å². The van der Waals surface area contributed by atoms with E-state index in [1.807, 2.05) is 13.8 Å². The van der Waals surface area contributed by atoms with Crippen LogP contribution in [0.15, 0.2) is 57.7 Å². The van der Waals surface area contributed by atoms with E-state index in [0.29, 0.717) is 21.9 Å². The number of halogens is 1. The first-order chi connectivity index (χ1) is 16.8. The average Bonchev–Trinajstić information content (AvgIpc) is 2.86. The first-order valence-electron chi connectivity index (χ1n) is 10.6. The number of fused-ring (bicyclic) bond motifs is 1. The van der Waals surface area contributed by atoms with Crippen molar-refractivity contribution in [3.63, 3.8) is 0 Å². The number of hydrogen-bond donors (Lipinski definition) is 0. The van der Waals surface area contributed by atoms with Crippen LogP contribution in [0.4, 0.5) is 0 Å². The molecule has 0 spiro atoms. The number of carbonyl (C=O) groups is 1. The first-order valence-corrected chi connectivity index (χ1v) is 11.0. The molecule has 0 atom stereocenters. The van der Waals surface area contributed by atoms with Gasteiger partial charge in [0, 0.05) is 5.56 Å². The van der Waals surface area contributed by atoms with E-state index in [9.17, 15) is 9.59 Å². The Bertz CT molecular complexity index is 1480. The van der Waals surface area contributed by atoms with E-state index in [2.05, 4.69) is 0 Å². The maximum atomic E-state index is 13.6. The molecule has 0 saturated heterocycles. The number of rotatable bonds is 6. The van der Waals surface area contributed by atoms with Gasteiger partial charge < -0.3 is 23.4 Å². The van der Waals surface area contributed by atoms with Gasteiger partial charge in [0.2, 0.25) is 16.9 Å². The van der Waals surface area contributed by atoms with Crippen LogP contribution in [0, 0.1) is 13.8 Å². The van der Waals surface area contributed by atoms with E-state index in [1.165, 1.54) is 33.5 Å². The second-order valence-corrected chi connectivity index (χ2v) is 8.21. The highest BCUT2D eigenvalue weighted by Gasteiger charge is 2.25. The predicted molar refractivity (Wildman–Crippen MR) is 133 cm³/mol. The van der Waals surface area contributed by atoms with Gasteiger partial charge in [-0.2, -0.15) is 0 Å². The van der Waals surface area contributed by atoms with Crippen molar-refractivity contribution in [3.05, 3.63) is 80.5 Å². The zero-order chi connectivity index (χ0) is 25.3. The van der Waals surface area contributed by atoms with Crippen molar-refractivity contribution in [2.45, 2.75) is 13.8 Å². The summed E-state index contributed by atoms with van der Waals surface area (Å²) in [4.78, 5) is 26.8. The maximum absolute atomic E-state index is 13.6. The lowest BCUT2D eigenvalue weighted by Crippen LogP contribution is -2.17. The molecule has 7 nitrogen and oxygen atoms in total. The molecule has 0 aliphatic carbocycles. The molecule has 180 valence electrons. The lowest BCUT2D eigenvalue weighted by molar-refractivity contribution is 0.0730. The Balaban J connectivity index is 1.92. The second kappa shape index (κ2) is 9.72. The number of esters is 1. The standard InChI is InChI=1S/C27H23ClO7/c1-14-10-18-20(11-15(14)2)34-24(17-8-6-7-9-19(17)28)26(23(18)29)35-27(30)16-12-21(31-3)25(33-5)22(13-16)32-4/h6-13H,1-5H3. The lowest BCUT2D eigenvalue weighted by atomic mass is 10.0. The molecule has 0 bridgehead atoms. The van der Waals surface area contributed by atoms with E-state index in [1.54, 1.807) is 36.4 Å². The van der Waals surface area contributed by atoms with E-state index in [-0.39, 0.29) is 34.0 Å². The maximum Gasteiger partial charge on any atom is 0.344 e. The fourth-order valence-corrected chi connectivity index (χ4v) is 3.92. The molecule has 4 rings (SSSR count). The molecule has 35 heavy (non-hydrogen) atoms. The van der Waals surface area contributed by atoms with E-state index in [0.717, 1.165) is 11.1 Å². The minimum atomic E-state index is -0.812. The van der Waals surface area contributed by atoms with Gasteiger partial charge in [-0.1, -0.05) is 23.7 Å². The summed E-state index contributed by atoms with van der Waals surface area (Å²) in [5.74, 6) is -0.180. The summed E-state index contributed by atoms with van der Waals surface area (Å²) >= 11 is 6.41. The molecule has 1 heterocycles. The third-order valence-electron chi connectivity index (χ3n) is 5.68. The summed E-state index contributed by atoms with van der Waals surface area (Å²) in [5.41, 5.74) is 2.22. The Hall–Kier alpha value is -3.97. The summed E-state index contributed by atoms with van der Waals surface area (Å²) in [5, 5.41) is 0.625. The van der Waals surface area contributed by atoms with Crippen molar-refractivity contribution in [1.82, 2.24) is 0 Å². The van der Waals surface area contributed by atoms with Crippen molar-refractivity contribution in [3.8, 4) is 34.3 Å². The van der Waals surface area contributed by atoms with Crippen molar-refractivity contribution >= 4 is 28.5 Å². The van der Waals surface area contributed by atoms with Gasteiger partial charge in [0.15, 0.2) is 17.3 Å². The van der Waals surface area contributed by atoms with Gasteiger partial charge in [-0.25, -0.2) is 4.79 Å². The van der Waals surface area contributed by atoms with Gasteiger partial charge in [-0.3, -0.25) is 4.79 Å². The van der Waals surface area contributed by atoms with Gasteiger partial charge in [0.25, 0.3) is 0 Å². The molecule has 0 N–H and O–H groups in total. The van der Waals surface area contributed by atoms with Crippen LogP contribution in [-0.2, 0) is 0 Å². The van der Waals surface area contributed by atoms with Gasteiger partial charge in [-0.15, -0.1) is 0 Å². The average molecular weight is 495 g/mol. The summed E-state index contributed by atoms with van der Waals surface area (Å²) in [6, 6.07) is 13.2. The fourth-order valence-electron chi connectivity index (χ4n) is 3.70. The highest BCUT2D eigenvalue weighted by Crippen LogP contribution is 2.39. The number of aryl methyl sites for hydroxylation is 2. The molecule has 0 radical (unpaired) electrons. The Kier molecular flexibility index (Phi) is 6.71. The van der Waals surface area contributed by atoms with E-state index >= 15 is 0 Å². The van der Waals surface area contributed by atoms with E-state index in [4.69, 9.17) is 35.0 Å². The van der Waals surface area contributed by atoms with Gasteiger partial charge in [0.05, 0.1) is 37.3 Å². The molecule has 0 unspecified atom stereocenters. The second-order valence-electron chi connectivity index (χ2n) is 7.81. The molecular formula is C27H23ClO7. The molecule has 0 fully saturated rings. The minimum Gasteiger partial charge on any atom is -0.493 e. The molecule has 4 aromatic rings. The summed E-state index contributed by atoms with van der Waals surface area (Å²) in [6.45, 7) is 3.81. The Morgan fingerprint density at radius 1 is 0.857 bits per heavy atom. The Morgan fingerprint density at radius 3 is 2.09 bits per heavy atom. The highest BCUT2D eigenvalue weighted by atomic mass is 35.5. The minimum absolute atomic E-state index is 0.0529. The van der Waals surface area contributed by atoms with E-state index < -0.39 is 11.4 Å². The quantitative estimate of drug-likeness (QED) is 0.305. The highest BCUT2D eigenvalue weighted by molar-refractivity contribution is 6.33.